The van der Waals surface area contributed by atoms with Gasteiger partial charge < -0.3 is 0 Å². The summed E-state index contributed by atoms with van der Waals surface area (Å²) in [5, 5.41) is 0. The van der Waals surface area contributed by atoms with Crippen LogP contribution in [0, 0.1) is 5.92 Å². The van der Waals surface area contributed by atoms with Gasteiger partial charge in [0, 0.05) is 12.4 Å². The highest BCUT2D eigenvalue weighted by atomic mass is 35.5. The second-order valence-corrected chi connectivity index (χ2v) is 7.36. The molecule has 1 aliphatic rings. The van der Waals surface area contributed by atoms with Gasteiger partial charge in [-0.2, -0.15) is 0 Å². The van der Waals surface area contributed by atoms with Crippen LogP contribution in [0.4, 0.5) is 0 Å². The topological polar surface area (TPSA) is 46.2 Å². The van der Waals surface area contributed by atoms with E-state index in [-0.39, 0.29) is 5.92 Å². The van der Waals surface area contributed by atoms with Gasteiger partial charge in [0.2, 0.25) is 10.0 Å². The molecule has 1 aromatic carbocycles. The Morgan fingerprint density at radius 2 is 2.05 bits per heavy atom. The predicted octanol–water partition coefficient (Wildman–Crippen LogP) is 2.72. The molecule has 1 unspecified atom stereocenters. The van der Waals surface area contributed by atoms with Crippen molar-refractivity contribution < 1.29 is 8.42 Å². The lowest BCUT2D eigenvalue weighted by Gasteiger charge is -2.12. The summed E-state index contributed by atoms with van der Waals surface area (Å²) < 4.78 is 27.1. The van der Waals surface area contributed by atoms with Gasteiger partial charge in [0.05, 0.1) is 4.90 Å². The zero-order valence-electron chi connectivity index (χ0n) is 11.2. The summed E-state index contributed by atoms with van der Waals surface area (Å²) in [4.78, 5) is 0.381. The molecule has 0 radical (unpaired) electrons. The summed E-state index contributed by atoms with van der Waals surface area (Å²) in [6, 6.07) is 5.47. The van der Waals surface area contributed by atoms with E-state index in [4.69, 9.17) is 11.6 Å². The molecule has 106 valence electrons. The minimum absolute atomic E-state index is 0.252. The van der Waals surface area contributed by atoms with Crippen LogP contribution in [0.25, 0.3) is 0 Å². The molecule has 1 aliphatic carbocycles. The first kappa shape index (κ1) is 14.8. The molecule has 0 aromatic heterocycles. The summed E-state index contributed by atoms with van der Waals surface area (Å²) in [5.74, 6) is 0.809. The van der Waals surface area contributed by atoms with Crippen LogP contribution in [0.3, 0.4) is 0 Å². The van der Waals surface area contributed by atoms with E-state index in [1.807, 2.05) is 19.1 Å². The van der Waals surface area contributed by atoms with Crippen LogP contribution >= 0.6 is 11.6 Å². The largest absolute Gasteiger partial charge is 0.240 e. The molecular formula is C14H20ClNO2S. The van der Waals surface area contributed by atoms with Crippen molar-refractivity contribution in [3.05, 3.63) is 29.3 Å². The van der Waals surface area contributed by atoms with Crippen LogP contribution in [0.1, 0.15) is 30.9 Å². The Morgan fingerprint density at radius 3 is 2.79 bits per heavy atom. The third-order valence-electron chi connectivity index (χ3n) is 3.60. The molecule has 2 rings (SSSR count). The number of alkyl halides is 1. The number of sulfonamides is 1. The number of hydrogen-bond acceptors (Lipinski definition) is 2. The fourth-order valence-corrected chi connectivity index (χ4v) is 3.93. The normalized spacial score (nSPS) is 16.3. The Hall–Kier alpha value is -0.580. The number of nitrogens with one attached hydrogen (secondary N) is 1. The van der Waals surface area contributed by atoms with Gasteiger partial charge in [0.1, 0.15) is 0 Å². The quantitative estimate of drug-likeness (QED) is 0.821. The highest BCUT2D eigenvalue weighted by Crippen LogP contribution is 2.24. The van der Waals surface area contributed by atoms with E-state index in [2.05, 4.69) is 4.72 Å². The molecule has 5 heteroatoms. The van der Waals surface area contributed by atoms with Gasteiger partial charge in [-0.25, -0.2) is 13.1 Å². The van der Waals surface area contributed by atoms with Crippen LogP contribution in [-0.4, -0.2) is 20.8 Å². The summed E-state index contributed by atoms with van der Waals surface area (Å²) >= 11 is 5.65. The standard InChI is InChI=1S/C14H20ClNO2S/c1-11(7-8-15)10-16-19(17,18)14-6-5-12-3-2-4-13(12)9-14/h5-6,9,11,16H,2-4,7-8,10H2,1H3. The fraction of sp³-hybridized carbons (Fsp3) is 0.571. The lowest BCUT2D eigenvalue weighted by molar-refractivity contribution is 0.530. The Balaban J connectivity index is 2.07. The summed E-state index contributed by atoms with van der Waals surface area (Å²) in [7, 11) is -3.39. The number of rotatable bonds is 6. The Bertz CT molecular complexity index is 542. The van der Waals surface area contributed by atoms with Crippen molar-refractivity contribution in [2.24, 2.45) is 5.92 Å². The lowest BCUT2D eigenvalue weighted by Crippen LogP contribution is -2.28. The molecule has 0 aliphatic heterocycles. The van der Waals surface area contributed by atoms with E-state index in [1.54, 1.807) is 6.07 Å². The molecule has 0 saturated heterocycles. The first-order chi connectivity index (χ1) is 9.03. The molecule has 1 atom stereocenters. The average Bonchev–Trinajstić information content (AvgIpc) is 2.84. The molecule has 1 aromatic rings. The Morgan fingerprint density at radius 1 is 1.32 bits per heavy atom. The first-order valence-corrected chi connectivity index (χ1v) is 8.72. The summed E-state index contributed by atoms with van der Waals surface area (Å²) in [6.07, 6.45) is 3.99. The monoisotopic (exact) mass is 301 g/mol. The van der Waals surface area contributed by atoms with Crippen molar-refractivity contribution in [1.29, 1.82) is 0 Å². The predicted molar refractivity (Wildman–Crippen MR) is 78.2 cm³/mol. The van der Waals surface area contributed by atoms with Crippen molar-refractivity contribution in [2.75, 3.05) is 12.4 Å². The number of aryl methyl sites for hydroxylation is 2. The molecule has 0 heterocycles. The molecule has 0 amide bonds. The van der Waals surface area contributed by atoms with Crippen LogP contribution < -0.4 is 4.72 Å². The SMILES string of the molecule is CC(CCCl)CNS(=O)(=O)c1ccc2c(c1)CCC2. The van der Waals surface area contributed by atoms with Gasteiger partial charge in [0.25, 0.3) is 0 Å². The van der Waals surface area contributed by atoms with Gasteiger partial charge in [-0.05, 0) is 54.9 Å². The van der Waals surface area contributed by atoms with Crippen molar-refractivity contribution in [1.82, 2.24) is 4.72 Å². The van der Waals surface area contributed by atoms with Crippen molar-refractivity contribution >= 4 is 21.6 Å². The number of halogens is 1. The molecule has 0 spiro atoms. The number of benzene rings is 1. The Labute approximate surface area is 120 Å². The zero-order chi connectivity index (χ0) is 13.9. The van der Waals surface area contributed by atoms with Crippen molar-refractivity contribution in [3.63, 3.8) is 0 Å². The van der Waals surface area contributed by atoms with Crippen molar-refractivity contribution in [2.45, 2.75) is 37.5 Å². The fourth-order valence-electron chi connectivity index (χ4n) is 2.34. The second kappa shape index (κ2) is 6.25. The number of hydrogen-bond donors (Lipinski definition) is 1. The van der Waals surface area contributed by atoms with E-state index in [9.17, 15) is 8.42 Å². The summed E-state index contributed by atoms with van der Waals surface area (Å²) in [6.45, 7) is 2.43. The van der Waals surface area contributed by atoms with Gasteiger partial charge in [-0.1, -0.05) is 13.0 Å². The molecule has 0 fully saturated rings. The van der Waals surface area contributed by atoms with E-state index in [1.165, 1.54) is 11.1 Å². The first-order valence-electron chi connectivity index (χ1n) is 6.70. The second-order valence-electron chi connectivity index (χ2n) is 5.22. The third kappa shape index (κ3) is 3.71. The van der Waals surface area contributed by atoms with Gasteiger partial charge in [-0.3, -0.25) is 0 Å². The van der Waals surface area contributed by atoms with Crippen LogP contribution in [0.5, 0.6) is 0 Å². The molecule has 19 heavy (non-hydrogen) atoms. The molecular weight excluding hydrogens is 282 g/mol. The van der Waals surface area contributed by atoms with Crippen LogP contribution in [-0.2, 0) is 22.9 Å². The minimum Gasteiger partial charge on any atom is -0.211 e. The van der Waals surface area contributed by atoms with Gasteiger partial charge >= 0.3 is 0 Å². The number of fused-ring (bicyclic) bond motifs is 1. The molecule has 3 nitrogen and oxygen atoms in total. The van der Waals surface area contributed by atoms with Crippen molar-refractivity contribution in [3.8, 4) is 0 Å². The smallest absolute Gasteiger partial charge is 0.211 e. The lowest BCUT2D eigenvalue weighted by atomic mass is 10.1. The highest BCUT2D eigenvalue weighted by Gasteiger charge is 2.18. The maximum Gasteiger partial charge on any atom is 0.240 e. The van der Waals surface area contributed by atoms with E-state index in [0.717, 1.165) is 25.7 Å². The maximum atomic E-state index is 12.2. The summed E-state index contributed by atoms with van der Waals surface area (Å²) in [5.41, 5.74) is 2.46. The molecule has 0 saturated carbocycles. The van der Waals surface area contributed by atoms with Gasteiger partial charge in [0.15, 0.2) is 0 Å². The van der Waals surface area contributed by atoms with E-state index < -0.39 is 10.0 Å². The maximum absolute atomic E-state index is 12.2. The molecule has 1 N–H and O–H groups in total. The van der Waals surface area contributed by atoms with Crippen LogP contribution in [0.2, 0.25) is 0 Å². The highest BCUT2D eigenvalue weighted by molar-refractivity contribution is 7.89. The van der Waals surface area contributed by atoms with E-state index in [0.29, 0.717) is 17.3 Å². The van der Waals surface area contributed by atoms with E-state index >= 15 is 0 Å². The zero-order valence-corrected chi connectivity index (χ0v) is 12.7. The van der Waals surface area contributed by atoms with Crippen LogP contribution in [0.15, 0.2) is 23.1 Å². The van der Waals surface area contributed by atoms with Gasteiger partial charge in [-0.15, -0.1) is 11.6 Å². The third-order valence-corrected chi connectivity index (χ3v) is 5.24. The Kier molecular flexibility index (Phi) is 4.87. The average molecular weight is 302 g/mol. The minimum atomic E-state index is -3.39. The molecule has 0 bridgehead atoms.